The molecule has 0 spiro atoms. The van der Waals surface area contributed by atoms with Crippen LogP contribution in [-0.4, -0.2) is 51.4 Å². The lowest BCUT2D eigenvalue weighted by Gasteiger charge is -2.31. The Labute approximate surface area is 136 Å². The predicted octanol–water partition coefficient (Wildman–Crippen LogP) is 1.44. The van der Waals surface area contributed by atoms with Crippen molar-refractivity contribution in [1.29, 1.82) is 0 Å². The molecule has 0 radical (unpaired) electrons. The first-order chi connectivity index (χ1) is 11.2. The Morgan fingerprint density at radius 3 is 2.70 bits per heavy atom. The Morgan fingerprint density at radius 1 is 1.26 bits per heavy atom. The van der Waals surface area contributed by atoms with Crippen LogP contribution >= 0.6 is 0 Å². The monoisotopic (exact) mass is 322 g/mol. The number of aliphatic hydroxyl groups excluding tert-OH is 1. The summed E-state index contributed by atoms with van der Waals surface area (Å²) in [7, 11) is 0. The highest BCUT2D eigenvalue weighted by Gasteiger charge is 2.31. The number of nitrogens with one attached hydrogen (secondary N) is 1. The van der Waals surface area contributed by atoms with Gasteiger partial charge in [0.25, 0.3) is 5.91 Å². The summed E-state index contributed by atoms with van der Waals surface area (Å²) in [6.07, 6.45) is 10.6. The highest BCUT2D eigenvalue weighted by Crippen LogP contribution is 2.31. The molecule has 0 aliphatic heterocycles. The molecule has 2 fully saturated rings. The maximum atomic E-state index is 12.0. The van der Waals surface area contributed by atoms with Crippen LogP contribution < -0.4 is 5.32 Å². The van der Waals surface area contributed by atoms with Crippen molar-refractivity contribution in [2.45, 2.75) is 69.6 Å². The summed E-state index contributed by atoms with van der Waals surface area (Å²) in [6.45, 7) is 1.01. The Kier molecular flexibility index (Phi) is 5.61. The molecule has 1 amide bonds. The number of nitrogens with zero attached hydrogens (tertiary/aromatic N) is 3. The highest BCUT2D eigenvalue weighted by atomic mass is 16.5. The summed E-state index contributed by atoms with van der Waals surface area (Å²) < 4.78 is 7.43. The van der Waals surface area contributed by atoms with Crippen LogP contribution in [0, 0.1) is 0 Å². The number of aromatic nitrogens is 3. The van der Waals surface area contributed by atoms with E-state index in [0.717, 1.165) is 25.7 Å². The molecule has 3 rings (SSSR count). The van der Waals surface area contributed by atoms with Crippen molar-refractivity contribution in [2.24, 2.45) is 0 Å². The SMILES string of the molecule is O=C(NCCOC1CCCCCC1)c1cn([C@H]2CC[C@@H]2O)nn1. The zero-order chi connectivity index (χ0) is 16.1. The first-order valence-electron chi connectivity index (χ1n) is 8.74. The van der Waals surface area contributed by atoms with Crippen molar-refractivity contribution < 1.29 is 14.6 Å². The Morgan fingerprint density at radius 2 is 2.04 bits per heavy atom. The fraction of sp³-hybridized carbons (Fsp3) is 0.812. The van der Waals surface area contributed by atoms with E-state index in [1.165, 1.54) is 25.7 Å². The molecule has 1 aromatic rings. The first-order valence-corrected chi connectivity index (χ1v) is 8.74. The Hall–Kier alpha value is -1.47. The summed E-state index contributed by atoms with van der Waals surface area (Å²) in [4.78, 5) is 12.0. The van der Waals surface area contributed by atoms with Gasteiger partial charge in [-0.15, -0.1) is 5.10 Å². The molecule has 7 nitrogen and oxygen atoms in total. The molecule has 0 aromatic carbocycles. The van der Waals surface area contributed by atoms with E-state index < -0.39 is 0 Å². The van der Waals surface area contributed by atoms with E-state index in [9.17, 15) is 9.90 Å². The zero-order valence-corrected chi connectivity index (χ0v) is 13.5. The average Bonchev–Trinajstić information content (AvgIpc) is 2.86. The van der Waals surface area contributed by atoms with Crippen molar-refractivity contribution in [3.05, 3.63) is 11.9 Å². The smallest absolute Gasteiger partial charge is 0.273 e. The van der Waals surface area contributed by atoms with Crippen LogP contribution in [0.15, 0.2) is 6.20 Å². The molecule has 0 saturated heterocycles. The van der Waals surface area contributed by atoms with E-state index >= 15 is 0 Å². The van der Waals surface area contributed by atoms with E-state index in [1.54, 1.807) is 10.9 Å². The van der Waals surface area contributed by atoms with Crippen LogP contribution in [-0.2, 0) is 4.74 Å². The van der Waals surface area contributed by atoms with Crippen LogP contribution in [0.25, 0.3) is 0 Å². The lowest BCUT2D eigenvalue weighted by molar-refractivity contribution is 0.0244. The second-order valence-corrected chi connectivity index (χ2v) is 6.54. The van der Waals surface area contributed by atoms with Gasteiger partial charge in [0.05, 0.1) is 31.1 Å². The third-order valence-electron chi connectivity index (χ3n) is 4.83. The number of carbonyl (C=O) groups is 1. The summed E-state index contributed by atoms with van der Waals surface area (Å²) >= 11 is 0. The summed E-state index contributed by atoms with van der Waals surface area (Å²) in [6, 6.07) is -0.0392. The van der Waals surface area contributed by atoms with Gasteiger partial charge in [0.2, 0.25) is 0 Å². The number of amides is 1. The largest absolute Gasteiger partial charge is 0.391 e. The van der Waals surface area contributed by atoms with Gasteiger partial charge in [0, 0.05) is 6.54 Å². The number of carbonyl (C=O) groups excluding carboxylic acids is 1. The molecule has 2 N–H and O–H groups in total. The fourth-order valence-corrected chi connectivity index (χ4v) is 3.21. The molecular weight excluding hydrogens is 296 g/mol. The van der Waals surface area contributed by atoms with Crippen molar-refractivity contribution in [2.75, 3.05) is 13.2 Å². The van der Waals surface area contributed by atoms with Crippen molar-refractivity contribution in [1.82, 2.24) is 20.3 Å². The predicted molar refractivity (Wildman–Crippen MR) is 84.1 cm³/mol. The molecule has 2 aliphatic rings. The number of aliphatic hydroxyl groups is 1. The summed E-state index contributed by atoms with van der Waals surface area (Å²) in [5.74, 6) is -0.241. The van der Waals surface area contributed by atoms with Crippen molar-refractivity contribution >= 4 is 5.91 Å². The normalized spacial score (nSPS) is 25.6. The molecule has 128 valence electrons. The van der Waals surface area contributed by atoms with E-state index in [-0.39, 0.29) is 18.1 Å². The van der Waals surface area contributed by atoms with E-state index in [2.05, 4.69) is 15.6 Å². The van der Waals surface area contributed by atoms with Gasteiger partial charge in [-0.3, -0.25) is 4.79 Å². The number of ether oxygens (including phenoxy) is 1. The second kappa shape index (κ2) is 7.88. The Bertz CT molecular complexity index is 511. The standard InChI is InChI=1S/C16H26N4O3/c21-15-8-7-14(15)20-11-13(18-19-20)16(22)17-9-10-23-12-5-3-1-2-4-6-12/h11-12,14-15,21H,1-10H2,(H,17,22)/t14-,15-/m0/s1. The molecule has 2 saturated carbocycles. The summed E-state index contributed by atoms with van der Waals surface area (Å²) in [5.41, 5.74) is 0.290. The third-order valence-corrected chi connectivity index (χ3v) is 4.83. The maximum Gasteiger partial charge on any atom is 0.273 e. The lowest BCUT2D eigenvalue weighted by Crippen LogP contribution is -2.34. The molecule has 0 bridgehead atoms. The topological polar surface area (TPSA) is 89.3 Å². The minimum absolute atomic E-state index is 0.0392. The second-order valence-electron chi connectivity index (χ2n) is 6.54. The van der Waals surface area contributed by atoms with Crippen LogP contribution in [0.1, 0.15) is 67.9 Å². The molecule has 2 aliphatic carbocycles. The third kappa shape index (κ3) is 4.29. The Balaban J connectivity index is 1.37. The van der Waals surface area contributed by atoms with Crippen LogP contribution in [0.5, 0.6) is 0 Å². The van der Waals surface area contributed by atoms with Gasteiger partial charge in [0.15, 0.2) is 5.69 Å². The first kappa shape index (κ1) is 16.4. The quantitative estimate of drug-likeness (QED) is 0.611. The van der Waals surface area contributed by atoms with E-state index in [1.807, 2.05) is 0 Å². The van der Waals surface area contributed by atoms with Gasteiger partial charge in [0.1, 0.15) is 0 Å². The van der Waals surface area contributed by atoms with Gasteiger partial charge in [-0.1, -0.05) is 30.9 Å². The molecular formula is C16H26N4O3. The van der Waals surface area contributed by atoms with Gasteiger partial charge >= 0.3 is 0 Å². The van der Waals surface area contributed by atoms with E-state index in [0.29, 0.717) is 24.9 Å². The molecule has 23 heavy (non-hydrogen) atoms. The molecule has 7 heteroatoms. The van der Waals surface area contributed by atoms with Crippen LogP contribution in [0.3, 0.4) is 0 Å². The van der Waals surface area contributed by atoms with Gasteiger partial charge in [-0.05, 0) is 25.7 Å². The van der Waals surface area contributed by atoms with Crippen LogP contribution in [0.2, 0.25) is 0 Å². The maximum absolute atomic E-state index is 12.0. The molecule has 1 aromatic heterocycles. The minimum Gasteiger partial charge on any atom is -0.391 e. The molecule has 0 unspecified atom stereocenters. The fourth-order valence-electron chi connectivity index (χ4n) is 3.21. The summed E-state index contributed by atoms with van der Waals surface area (Å²) in [5, 5.41) is 20.3. The lowest BCUT2D eigenvalue weighted by atomic mass is 9.89. The highest BCUT2D eigenvalue weighted by molar-refractivity contribution is 5.91. The minimum atomic E-state index is -0.374. The zero-order valence-electron chi connectivity index (χ0n) is 13.5. The van der Waals surface area contributed by atoms with Crippen molar-refractivity contribution in [3.8, 4) is 0 Å². The van der Waals surface area contributed by atoms with Crippen LogP contribution in [0.4, 0.5) is 0 Å². The van der Waals surface area contributed by atoms with Crippen molar-refractivity contribution in [3.63, 3.8) is 0 Å². The van der Waals surface area contributed by atoms with Gasteiger partial charge in [-0.25, -0.2) is 4.68 Å². The van der Waals surface area contributed by atoms with E-state index in [4.69, 9.17) is 4.74 Å². The van der Waals surface area contributed by atoms with Gasteiger partial charge in [-0.2, -0.15) is 0 Å². The number of hydrogen-bond acceptors (Lipinski definition) is 5. The number of hydrogen-bond donors (Lipinski definition) is 2. The average molecular weight is 322 g/mol. The van der Waals surface area contributed by atoms with Gasteiger partial charge < -0.3 is 15.2 Å². The number of rotatable bonds is 6. The molecule has 2 atom stereocenters. The molecule has 1 heterocycles.